The van der Waals surface area contributed by atoms with Crippen LogP contribution in [0.5, 0.6) is 0 Å². The minimum atomic E-state index is -3.43. The van der Waals surface area contributed by atoms with E-state index < -0.39 is 10.0 Å². The second-order valence-corrected chi connectivity index (χ2v) is 9.78. The molecule has 1 aliphatic heterocycles. The van der Waals surface area contributed by atoms with Crippen molar-refractivity contribution < 1.29 is 13.2 Å². The highest BCUT2D eigenvalue weighted by Crippen LogP contribution is 2.20. The first-order valence-electron chi connectivity index (χ1n) is 8.98. The van der Waals surface area contributed by atoms with Crippen molar-refractivity contribution in [1.29, 1.82) is 0 Å². The SMILES string of the molecule is CN=C(NCCNS(=O)(=O)c1ccc(C)s1)N(C)CCC1CCOCC1.I. The number of guanidine groups is 1. The number of hydrogen-bond acceptors (Lipinski definition) is 5. The number of sulfonamides is 1. The summed E-state index contributed by atoms with van der Waals surface area (Å²) in [6, 6.07) is 3.45. The number of nitrogens with zero attached hydrogens (tertiary/aromatic N) is 2. The van der Waals surface area contributed by atoms with E-state index in [2.05, 4.69) is 19.9 Å². The predicted molar refractivity (Wildman–Crippen MR) is 122 cm³/mol. The van der Waals surface area contributed by atoms with Gasteiger partial charge in [-0.15, -0.1) is 35.3 Å². The summed E-state index contributed by atoms with van der Waals surface area (Å²) in [5, 5.41) is 3.21. The van der Waals surface area contributed by atoms with Gasteiger partial charge in [-0.1, -0.05) is 0 Å². The van der Waals surface area contributed by atoms with Crippen molar-refractivity contribution in [3.63, 3.8) is 0 Å². The Kier molecular flexibility index (Phi) is 11.1. The van der Waals surface area contributed by atoms with Crippen LogP contribution in [0.1, 0.15) is 24.1 Å². The normalized spacial score (nSPS) is 16.0. The van der Waals surface area contributed by atoms with Crippen molar-refractivity contribution in [1.82, 2.24) is 14.9 Å². The fourth-order valence-electron chi connectivity index (χ4n) is 2.89. The molecule has 0 aliphatic carbocycles. The molecule has 1 aromatic rings. The zero-order valence-corrected chi connectivity index (χ0v) is 20.2. The third kappa shape index (κ3) is 8.22. The Morgan fingerprint density at radius 2 is 2.04 bits per heavy atom. The summed E-state index contributed by atoms with van der Waals surface area (Å²) in [4.78, 5) is 7.35. The lowest BCUT2D eigenvalue weighted by atomic mass is 9.96. The van der Waals surface area contributed by atoms with Crippen molar-refractivity contribution in [3.05, 3.63) is 17.0 Å². The molecule has 1 aromatic heterocycles. The number of thiophene rings is 1. The van der Waals surface area contributed by atoms with E-state index in [1.54, 1.807) is 13.1 Å². The molecular formula is C17H31IN4O3S2. The molecule has 1 saturated heterocycles. The van der Waals surface area contributed by atoms with E-state index in [9.17, 15) is 8.42 Å². The Labute approximate surface area is 184 Å². The van der Waals surface area contributed by atoms with E-state index in [-0.39, 0.29) is 24.0 Å². The van der Waals surface area contributed by atoms with Crippen LogP contribution in [0.25, 0.3) is 0 Å². The molecule has 2 rings (SSSR count). The van der Waals surface area contributed by atoms with Crippen LogP contribution in [0.2, 0.25) is 0 Å². The Balaban J connectivity index is 0.00000364. The van der Waals surface area contributed by atoms with E-state index in [1.807, 2.05) is 20.0 Å². The van der Waals surface area contributed by atoms with Gasteiger partial charge in [0.1, 0.15) is 4.21 Å². The molecule has 2 N–H and O–H groups in total. The van der Waals surface area contributed by atoms with Crippen molar-refractivity contribution in [2.24, 2.45) is 10.9 Å². The topological polar surface area (TPSA) is 83.0 Å². The van der Waals surface area contributed by atoms with E-state index in [0.717, 1.165) is 49.9 Å². The lowest BCUT2D eigenvalue weighted by Crippen LogP contribution is -2.43. The van der Waals surface area contributed by atoms with Crippen LogP contribution in [-0.2, 0) is 14.8 Å². The minimum absolute atomic E-state index is 0. The molecular weight excluding hydrogens is 499 g/mol. The highest BCUT2D eigenvalue weighted by Gasteiger charge is 2.17. The zero-order chi connectivity index (χ0) is 19.0. The summed E-state index contributed by atoms with van der Waals surface area (Å²) < 4.78 is 32.8. The van der Waals surface area contributed by atoms with E-state index >= 15 is 0 Å². The van der Waals surface area contributed by atoms with Gasteiger partial charge in [0, 0.05) is 51.8 Å². The first-order valence-corrected chi connectivity index (χ1v) is 11.3. The molecule has 0 bridgehead atoms. The number of hydrogen-bond donors (Lipinski definition) is 2. The van der Waals surface area contributed by atoms with Crippen LogP contribution in [0.4, 0.5) is 0 Å². The van der Waals surface area contributed by atoms with Crippen LogP contribution in [0, 0.1) is 12.8 Å². The largest absolute Gasteiger partial charge is 0.381 e. The van der Waals surface area contributed by atoms with Gasteiger partial charge >= 0.3 is 0 Å². The molecule has 0 unspecified atom stereocenters. The summed E-state index contributed by atoms with van der Waals surface area (Å²) in [7, 11) is 0.323. The predicted octanol–water partition coefficient (Wildman–Crippen LogP) is 2.28. The monoisotopic (exact) mass is 530 g/mol. The first kappa shape index (κ1) is 24.6. The summed E-state index contributed by atoms with van der Waals surface area (Å²) in [6.45, 7) is 5.34. The molecule has 0 amide bonds. The van der Waals surface area contributed by atoms with Crippen LogP contribution >= 0.6 is 35.3 Å². The van der Waals surface area contributed by atoms with Crippen LogP contribution in [-0.4, -0.2) is 66.2 Å². The van der Waals surface area contributed by atoms with Gasteiger partial charge in [0.05, 0.1) is 0 Å². The number of ether oxygens (including phenoxy) is 1. The van der Waals surface area contributed by atoms with Gasteiger partial charge in [0.2, 0.25) is 10.0 Å². The van der Waals surface area contributed by atoms with Gasteiger partial charge in [-0.25, -0.2) is 13.1 Å². The van der Waals surface area contributed by atoms with E-state index in [0.29, 0.717) is 23.2 Å². The zero-order valence-electron chi connectivity index (χ0n) is 16.2. The lowest BCUT2D eigenvalue weighted by molar-refractivity contribution is 0.0625. The fourth-order valence-corrected chi connectivity index (χ4v) is 5.25. The standard InChI is InChI=1S/C17H30N4O3S2.HI/c1-14-4-5-16(25-14)26(22,23)20-10-9-19-17(18-2)21(3)11-6-15-7-12-24-13-8-15;/h4-5,15,20H,6-13H2,1-3H3,(H,18,19);1H. The highest BCUT2D eigenvalue weighted by molar-refractivity contribution is 14.0. The number of nitrogens with one attached hydrogen (secondary N) is 2. The molecule has 156 valence electrons. The molecule has 1 aliphatic rings. The van der Waals surface area contributed by atoms with Crippen molar-refractivity contribution in [2.45, 2.75) is 30.4 Å². The maximum Gasteiger partial charge on any atom is 0.250 e. The van der Waals surface area contributed by atoms with Gasteiger partial charge in [0.25, 0.3) is 0 Å². The van der Waals surface area contributed by atoms with Gasteiger partial charge in [-0.2, -0.15) is 0 Å². The highest BCUT2D eigenvalue weighted by atomic mass is 127. The van der Waals surface area contributed by atoms with Gasteiger partial charge in [-0.05, 0) is 44.2 Å². The number of aliphatic imine (C=N–C) groups is 1. The lowest BCUT2D eigenvalue weighted by Gasteiger charge is -2.26. The smallest absolute Gasteiger partial charge is 0.250 e. The molecule has 0 spiro atoms. The summed E-state index contributed by atoms with van der Waals surface area (Å²) >= 11 is 1.28. The third-order valence-electron chi connectivity index (χ3n) is 4.47. The maximum atomic E-state index is 12.2. The number of aryl methyl sites for hydroxylation is 1. The Hall–Kier alpha value is -0.430. The Morgan fingerprint density at radius 1 is 1.33 bits per heavy atom. The molecule has 7 nitrogen and oxygen atoms in total. The first-order chi connectivity index (χ1) is 12.4. The van der Waals surface area contributed by atoms with Crippen molar-refractivity contribution >= 4 is 51.3 Å². The van der Waals surface area contributed by atoms with Crippen LogP contribution in [0.15, 0.2) is 21.3 Å². The maximum absolute atomic E-state index is 12.2. The molecule has 27 heavy (non-hydrogen) atoms. The van der Waals surface area contributed by atoms with Gasteiger partial charge in [0.15, 0.2) is 5.96 Å². The molecule has 0 aromatic carbocycles. The molecule has 2 heterocycles. The average Bonchev–Trinajstić information content (AvgIpc) is 3.08. The molecule has 0 radical (unpaired) electrons. The average molecular weight is 530 g/mol. The molecule has 0 atom stereocenters. The number of rotatable bonds is 8. The minimum Gasteiger partial charge on any atom is -0.381 e. The second kappa shape index (κ2) is 12.2. The third-order valence-corrected chi connectivity index (χ3v) is 7.42. The van der Waals surface area contributed by atoms with E-state index in [1.165, 1.54) is 11.3 Å². The summed E-state index contributed by atoms with van der Waals surface area (Å²) in [5.74, 6) is 1.49. The number of halogens is 1. The summed E-state index contributed by atoms with van der Waals surface area (Å²) in [6.07, 6.45) is 3.37. The fraction of sp³-hybridized carbons (Fsp3) is 0.706. The van der Waals surface area contributed by atoms with Gasteiger partial charge in [-0.3, -0.25) is 4.99 Å². The quantitative estimate of drug-likeness (QED) is 0.233. The molecule has 1 fully saturated rings. The van der Waals surface area contributed by atoms with Gasteiger partial charge < -0.3 is 15.0 Å². The molecule has 10 heteroatoms. The van der Waals surface area contributed by atoms with Crippen LogP contribution < -0.4 is 10.0 Å². The van der Waals surface area contributed by atoms with Crippen LogP contribution in [0.3, 0.4) is 0 Å². The van der Waals surface area contributed by atoms with Crippen molar-refractivity contribution in [2.75, 3.05) is 46.9 Å². The second-order valence-electron chi connectivity index (χ2n) is 6.50. The summed E-state index contributed by atoms with van der Waals surface area (Å²) in [5.41, 5.74) is 0. The van der Waals surface area contributed by atoms with Crippen molar-refractivity contribution in [3.8, 4) is 0 Å². The van der Waals surface area contributed by atoms with E-state index in [4.69, 9.17) is 4.74 Å². The molecule has 0 saturated carbocycles. The Morgan fingerprint density at radius 3 is 2.63 bits per heavy atom. The Bertz CT molecular complexity index is 688.